The standard InChI is InChI=1S/C67H69F5N8O18S4/c1-32-49-56(82)79(34(3)53(81)75-101(87,88)65(4)15-16-65)63(85)77(31-48(95-41-26-38-12-13-39(27-41)93-38)44-23-35(68)9-14-46(44)98-62(71)72)58(49)100-52(32)55-74-29-42(96-55)28-66(17-18-66)102(89,90)76-60(84)67(19-20-67)80-57(83)50-33(2)51(54-73-21-22-91-54)99-59(50)78(64(80)86)30-47(43-7-5-6-8-45(43)97-61(69)70)94-40-24-36-10-11-37(25-40)92-36/h5-9,14,21-23,29,34,36-41,47-48,61-62H,10-13,15-20,24-28,30-31H2,1-4H3,(H,75,81)(H,76,84)/t34-,36-,37?,38-,39+,40?,41?,47-,48-/m0/s1. The molecule has 2 amide bonds. The molecule has 7 aliphatic rings. The number of aromatic nitrogens is 6. The lowest BCUT2D eigenvalue weighted by molar-refractivity contribution is -0.124. The molecule has 3 saturated carbocycles. The van der Waals surface area contributed by atoms with Crippen LogP contribution < -0.4 is 41.4 Å². The van der Waals surface area contributed by atoms with E-state index >= 15 is 28.4 Å². The number of alkyl halides is 4. The third kappa shape index (κ3) is 12.6. The van der Waals surface area contributed by atoms with E-state index < -0.39 is 144 Å². The largest absolute Gasteiger partial charge is 0.444 e. The van der Waals surface area contributed by atoms with E-state index in [0.717, 1.165) is 69.8 Å². The zero-order valence-corrected chi connectivity index (χ0v) is 58.5. The maximum Gasteiger partial charge on any atom is 0.387 e. The highest BCUT2D eigenvalue weighted by Crippen LogP contribution is 2.50. The molecule has 35 heteroatoms. The fourth-order valence-corrected chi connectivity index (χ4v) is 20.3. The van der Waals surface area contributed by atoms with Crippen LogP contribution in [0.25, 0.3) is 42.0 Å². The quantitative estimate of drug-likeness (QED) is 0.0477. The number of fused-ring (bicyclic) bond motifs is 6. The molecule has 2 aromatic carbocycles. The Labute approximate surface area is 585 Å². The summed E-state index contributed by atoms with van der Waals surface area (Å²) >= 11 is 1.79. The first kappa shape index (κ1) is 69.8. The van der Waals surface area contributed by atoms with E-state index in [1.54, 1.807) is 13.0 Å². The molecule has 15 rings (SSSR count). The van der Waals surface area contributed by atoms with Gasteiger partial charge in [-0.15, -0.1) is 22.7 Å². The number of ether oxygens (including phenoxy) is 6. The van der Waals surface area contributed by atoms with E-state index in [9.17, 15) is 39.2 Å². The van der Waals surface area contributed by atoms with Gasteiger partial charge < -0.3 is 37.3 Å². The minimum absolute atomic E-state index is 0.0182. The van der Waals surface area contributed by atoms with Crippen LogP contribution in [-0.4, -0.2) is 116 Å². The summed E-state index contributed by atoms with van der Waals surface area (Å²) in [4.78, 5) is 99.2. The summed E-state index contributed by atoms with van der Waals surface area (Å²) in [6, 6.07) is 6.95. The molecule has 4 aliphatic heterocycles. The number of hydrogen-bond acceptors (Lipinski definition) is 22. The van der Waals surface area contributed by atoms with Gasteiger partial charge >= 0.3 is 24.6 Å². The predicted molar refractivity (Wildman–Crippen MR) is 356 cm³/mol. The third-order valence-corrected chi connectivity index (χ3v) is 28.0. The van der Waals surface area contributed by atoms with Gasteiger partial charge in [0.2, 0.25) is 31.8 Å². The summed E-state index contributed by atoms with van der Waals surface area (Å²) in [7, 11) is -9.10. The first-order chi connectivity index (χ1) is 48.5. The van der Waals surface area contributed by atoms with E-state index in [-0.39, 0.29) is 128 Å². The Morgan fingerprint density at radius 3 is 1.78 bits per heavy atom. The number of benzene rings is 2. The van der Waals surface area contributed by atoms with Crippen molar-refractivity contribution in [2.24, 2.45) is 0 Å². The minimum Gasteiger partial charge on any atom is -0.444 e. The van der Waals surface area contributed by atoms with Crippen molar-refractivity contribution in [3.05, 3.63) is 137 Å². The number of hydrogen-bond donors (Lipinski definition) is 2. The summed E-state index contributed by atoms with van der Waals surface area (Å²) in [6.07, 6.45) is 3.81. The second-order valence-corrected chi connectivity index (χ2v) is 34.1. The summed E-state index contributed by atoms with van der Waals surface area (Å²) in [5.74, 6) is -4.15. The van der Waals surface area contributed by atoms with Gasteiger partial charge in [-0.25, -0.2) is 49.9 Å². The Hall–Kier alpha value is -7.93. The van der Waals surface area contributed by atoms with Crippen LogP contribution in [0.15, 0.2) is 89.1 Å². The highest BCUT2D eigenvalue weighted by atomic mass is 32.2. The molecule has 6 aromatic heterocycles. The minimum atomic E-state index is -4.77. The fraction of sp³-hybridized carbons (Fsp3) is 0.522. The molecule has 3 aliphatic carbocycles. The lowest BCUT2D eigenvalue weighted by Gasteiger charge is -2.32. The number of oxazole rings is 2. The van der Waals surface area contributed by atoms with E-state index in [1.165, 1.54) is 55.3 Å². The first-order valence-electron chi connectivity index (χ1n) is 33.5. The predicted octanol–water partition coefficient (Wildman–Crippen LogP) is 9.24. The SMILES string of the molecule is Cc1c(-c2ncc(CC3(S(=O)(=O)NC(=O)C4(n5c(=O)c6c(C)c(-c7ncco7)sc6n(C[C@H](OC6CC7CC[C@@H](C6)O7)c6ccccc6OC(F)F)c5=O)CC4)CC3)o2)sc2c1c(=O)n([C@@H](C)C(=O)NS(=O)(=O)C1(C)CC1)c(=O)n2C[C@H](OC1C[C@H]2CC[C@@H](C1)O2)c1cc(F)ccc1OC(F)F. The number of nitrogens with zero attached hydrogens (tertiary/aromatic N) is 6. The summed E-state index contributed by atoms with van der Waals surface area (Å²) < 4.78 is 181. The van der Waals surface area contributed by atoms with Gasteiger partial charge in [0.1, 0.15) is 62.8 Å². The zero-order chi connectivity index (χ0) is 71.9. The van der Waals surface area contributed by atoms with Crippen molar-refractivity contribution in [1.29, 1.82) is 0 Å². The van der Waals surface area contributed by atoms with Gasteiger partial charge in [-0.3, -0.25) is 37.8 Å². The molecule has 7 fully saturated rings. The highest BCUT2D eigenvalue weighted by molar-refractivity contribution is 7.92. The Bertz CT molecular complexity index is 5150. The number of amides is 2. The van der Waals surface area contributed by atoms with Crippen molar-refractivity contribution < 1.29 is 85.6 Å². The molecule has 2 N–H and O–H groups in total. The van der Waals surface area contributed by atoms with Gasteiger partial charge in [-0.05, 0) is 153 Å². The van der Waals surface area contributed by atoms with Crippen molar-refractivity contribution >= 4 is 75.0 Å². The number of para-hydroxylation sites is 1. The molecule has 9 atom stereocenters. The van der Waals surface area contributed by atoms with Crippen LogP contribution in [0, 0.1) is 19.7 Å². The normalized spacial score (nSPS) is 23.2. The van der Waals surface area contributed by atoms with Crippen molar-refractivity contribution in [1.82, 2.24) is 37.7 Å². The Morgan fingerprint density at radius 1 is 0.686 bits per heavy atom. The van der Waals surface area contributed by atoms with Crippen molar-refractivity contribution in [3.63, 3.8) is 0 Å². The summed E-state index contributed by atoms with van der Waals surface area (Å²) in [5, 5.41) is -0.232. The topological polar surface area (TPSA) is 322 Å². The smallest absolute Gasteiger partial charge is 0.387 e. The molecule has 544 valence electrons. The number of aryl methyl sites for hydroxylation is 2. The van der Waals surface area contributed by atoms with E-state index in [1.807, 2.05) is 4.72 Å². The molecular weight excluding hydrogens is 1430 g/mol. The lowest BCUT2D eigenvalue weighted by Crippen LogP contribution is -2.54. The average Bonchev–Trinajstić information content (AvgIpc) is 1.54. The lowest BCUT2D eigenvalue weighted by atomic mass is 10.0. The van der Waals surface area contributed by atoms with E-state index in [0.29, 0.717) is 53.5 Å². The Kier molecular flexibility index (Phi) is 17.8. The molecular formula is C67H69F5N8O18S4. The van der Waals surface area contributed by atoms with Gasteiger partial charge in [-0.2, -0.15) is 17.6 Å². The maximum absolute atomic E-state index is 15.5. The Morgan fingerprint density at radius 2 is 1.24 bits per heavy atom. The number of carbonyl (C=O) groups is 2. The molecule has 0 radical (unpaired) electrons. The van der Waals surface area contributed by atoms with Crippen LogP contribution >= 0.6 is 22.7 Å². The van der Waals surface area contributed by atoms with Crippen LogP contribution in [0.3, 0.4) is 0 Å². The molecule has 102 heavy (non-hydrogen) atoms. The second-order valence-electron chi connectivity index (χ2n) is 27.8. The highest BCUT2D eigenvalue weighted by Gasteiger charge is 2.61. The molecule has 26 nitrogen and oxygen atoms in total. The molecule has 4 bridgehead atoms. The summed E-state index contributed by atoms with van der Waals surface area (Å²) in [5.41, 5.74) is -5.91. The number of nitrogens with one attached hydrogen (secondary N) is 2. The van der Waals surface area contributed by atoms with E-state index in [2.05, 4.69) is 14.7 Å². The van der Waals surface area contributed by atoms with Crippen molar-refractivity contribution in [2.75, 3.05) is 0 Å². The van der Waals surface area contributed by atoms with Crippen LogP contribution in [0.4, 0.5) is 22.0 Å². The van der Waals surface area contributed by atoms with Gasteiger partial charge in [0.25, 0.3) is 22.9 Å². The molecule has 4 saturated heterocycles. The second kappa shape index (κ2) is 26.0. The Balaban J connectivity index is 0.760. The van der Waals surface area contributed by atoms with Gasteiger partial charge in [-0.1, -0.05) is 18.2 Å². The molecule has 3 unspecified atom stereocenters. The fourth-order valence-electron chi connectivity index (χ4n) is 14.9. The van der Waals surface area contributed by atoms with Crippen LogP contribution in [0.2, 0.25) is 0 Å². The van der Waals surface area contributed by atoms with Gasteiger partial charge in [0, 0.05) is 17.5 Å². The van der Waals surface area contributed by atoms with E-state index in [4.69, 9.17) is 37.3 Å². The monoisotopic (exact) mass is 1500 g/mol. The molecule has 8 aromatic rings. The molecule has 0 spiro atoms. The average molecular weight is 1500 g/mol. The number of thiophene rings is 2. The first-order valence-corrected chi connectivity index (χ1v) is 38.1. The van der Waals surface area contributed by atoms with Crippen LogP contribution in [0.1, 0.15) is 150 Å². The third-order valence-electron chi connectivity index (χ3n) is 21.0. The number of carbonyl (C=O) groups excluding carboxylic acids is 2. The molecule has 10 heterocycles. The number of rotatable bonds is 26. The van der Waals surface area contributed by atoms with Crippen LogP contribution in [-0.2, 0) is 73.6 Å². The maximum atomic E-state index is 15.5. The zero-order valence-electron chi connectivity index (χ0n) is 55.2. The van der Waals surface area contributed by atoms with Gasteiger partial charge in [0.05, 0.1) is 92.1 Å². The number of sulfonamides is 2. The van der Waals surface area contributed by atoms with Crippen molar-refractivity contribution in [2.45, 2.75) is 220 Å². The van der Waals surface area contributed by atoms with Crippen LogP contribution in [0.5, 0.6) is 11.5 Å². The summed E-state index contributed by atoms with van der Waals surface area (Å²) in [6.45, 7) is -2.03. The van der Waals surface area contributed by atoms with Gasteiger partial charge in [0.15, 0.2) is 0 Å². The number of halogens is 5. The van der Waals surface area contributed by atoms with Crippen molar-refractivity contribution in [3.8, 4) is 33.0 Å².